The van der Waals surface area contributed by atoms with Crippen molar-refractivity contribution in [3.8, 4) is 0 Å². The van der Waals surface area contributed by atoms with Gasteiger partial charge in [0.05, 0.1) is 51.6 Å². The van der Waals surface area contributed by atoms with Crippen LogP contribution in [0.15, 0.2) is 87.5 Å². The van der Waals surface area contributed by atoms with Crippen LogP contribution in [0.25, 0.3) is 0 Å². The monoisotopic (exact) mass is 1910 g/mol. The maximum absolute atomic E-state index is 12.8. The summed E-state index contributed by atoms with van der Waals surface area (Å²) in [4.78, 5) is 58.2. The molecule has 0 unspecified atom stereocenters. The van der Waals surface area contributed by atoms with Gasteiger partial charge in [0, 0.05) is 79.8 Å². The van der Waals surface area contributed by atoms with Crippen molar-refractivity contribution in [2.24, 2.45) is 35.3 Å². The van der Waals surface area contributed by atoms with Crippen LogP contribution >= 0.6 is 35.1 Å². The molecule has 36 heteroatoms. The normalized spacial score (nSPS) is 19.9. The van der Waals surface area contributed by atoms with Gasteiger partial charge in [-0.2, -0.15) is 47.9 Å². The van der Waals surface area contributed by atoms with E-state index in [4.69, 9.17) is 34.0 Å². The molecule has 0 amide bonds. The van der Waals surface area contributed by atoms with E-state index >= 15 is 0 Å². The largest absolute Gasteiger partial charge is 1.00 e. The Morgan fingerprint density at radius 1 is 0.476 bits per heavy atom. The van der Waals surface area contributed by atoms with Gasteiger partial charge in [-0.05, 0) is 315 Å². The number of ketones is 1. The first-order valence-electron chi connectivity index (χ1n) is 39.7. The molecule has 5 aliphatic carbocycles. The van der Waals surface area contributed by atoms with Gasteiger partial charge >= 0.3 is 72.0 Å². The van der Waals surface area contributed by atoms with Crippen LogP contribution in [0.3, 0.4) is 0 Å². The summed E-state index contributed by atoms with van der Waals surface area (Å²) >= 11 is 5.32. The number of carbonyl (C=O) groups is 5. The molecule has 4 N–H and O–H groups in total. The van der Waals surface area contributed by atoms with Crippen LogP contribution in [0.5, 0.6) is 0 Å². The van der Waals surface area contributed by atoms with Crippen LogP contribution in [0.4, 0.5) is 39.5 Å². The van der Waals surface area contributed by atoms with Gasteiger partial charge < -0.3 is 36.3 Å². The molecule has 719 valence electrons. The number of ether oxygens (including phenoxy) is 4. The zero-order chi connectivity index (χ0) is 89.8. The summed E-state index contributed by atoms with van der Waals surface area (Å²) in [6, 6.07) is 14.4. The minimum atomic E-state index is -4.54. The standard InChI is InChI=1S/C20H27F3O2S.C14H18F3NO2S.C14H26O5S.C13H24O3.C13H22O3.C7H5F3S.CH3ClO2S.CH4O.5CH4.B.Na.H/c1-19(2,3)25-18(24)12-9-14-7-10-16(11-8-14)26-17-6-4-5-15(13-17)20(21,22)23;15-14(16,17)11-2-1-3-13(8-11)21(19,20)12-6-4-10(9-18)5-7-12;1-14(2,3)18-13(15)10-7-11-5-8-12(9-6-11)19-20(4,16)17;2*1-13(2,3)16-12(15)9-6-10-4-7-11(14)8-5-10;8-7(9,10)5-2-1-3-6(11)4-5;1-5(2,3)4;1-2;;;;;;;;/h4-6,13-14,16H,7-12H2,1-3H3;1-3,8,10,12H,4-7,9,18H2;11-12H,5-10H2,1-4H3;10-11,14H,4-9H2,1-3H3;10H,4-9H2,1-3H3;1-4,11H;1H3;2H,1H3;5*1H4;;;/q;;;;;;;;;;;;;;+1;-1. The minimum absolute atomic E-state index is 0. The van der Waals surface area contributed by atoms with Gasteiger partial charge in [0.2, 0.25) is 9.05 Å². The molecule has 0 spiro atoms. The average Bonchev–Trinajstić information content (AvgIpc) is 0.791. The minimum Gasteiger partial charge on any atom is -1.00 e. The van der Waals surface area contributed by atoms with Crippen molar-refractivity contribution in [3.63, 3.8) is 0 Å². The number of carbonyl (C=O) groups excluding carboxylic acids is 5. The number of hydrogen-bond donors (Lipinski definition) is 4. The third-order valence-corrected chi connectivity index (χ3v) is 23.3. The number of esters is 4. The molecule has 3 aromatic rings. The van der Waals surface area contributed by atoms with E-state index in [1.807, 2.05) is 83.1 Å². The second-order valence-corrected chi connectivity index (χ2v) is 42.8. The van der Waals surface area contributed by atoms with Gasteiger partial charge in [-0.1, -0.05) is 55.3 Å². The van der Waals surface area contributed by atoms with Crippen molar-refractivity contribution >= 4 is 102 Å². The molecule has 0 saturated heterocycles. The van der Waals surface area contributed by atoms with Crippen LogP contribution in [0.1, 0.15) is 318 Å². The number of benzene rings is 3. The van der Waals surface area contributed by atoms with Crippen molar-refractivity contribution in [3.05, 3.63) is 89.5 Å². The van der Waals surface area contributed by atoms with E-state index in [1.54, 1.807) is 6.07 Å². The number of thiol groups is 1. The SMILES string of the molecule is C.C.C.C.C.CC(C)(C)OC(=O)CCC1CCC(=O)CC1.CC(C)(C)OC(=O)CCC1CCC(O)CC1.CC(C)(C)OC(=O)CCC1CCC(OS(C)(=O)=O)CC1.CC(C)(C)OC(=O)CCC1CCC(Sc2cccc(C(F)(F)F)c2)CC1.CO.CS(=O)(=O)Cl.FC(F)(F)c1cccc(S)c1.NCC1CCC(S(=O)(=O)c2cccc(C(F)(F)F)c2)CC1.[B].[H-].[Na+]. The van der Waals surface area contributed by atoms with Crippen molar-refractivity contribution in [1.82, 2.24) is 0 Å². The summed E-state index contributed by atoms with van der Waals surface area (Å²) < 4.78 is 204. The summed E-state index contributed by atoms with van der Waals surface area (Å²) in [5.41, 5.74) is 1.73. The fourth-order valence-corrected chi connectivity index (χ4v) is 17.2. The van der Waals surface area contributed by atoms with E-state index in [0.717, 1.165) is 172 Å². The van der Waals surface area contributed by atoms with E-state index in [2.05, 4.69) is 23.3 Å². The van der Waals surface area contributed by atoms with E-state index in [0.29, 0.717) is 121 Å². The van der Waals surface area contributed by atoms with Crippen molar-refractivity contribution in [1.29, 1.82) is 0 Å². The molecule has 5 aliphatic rings. The third kappa shape index (κ3) is 65.8. The Bertz CT molecular complexity index is 3800. The van der Waals surface area contributed by atoms with E-state index in [9.17, 15) is 93.8 Å². The van der Waals surface area contributed by atoms with Crippen LogP contribution in [-0.4, -0.2) is 145 Å². The van der Waals surface area contributed by atoms with Crippen LogP contribution in [-0.2, 0) is 94.6 Å². The molecule has 8 rings (SSSR count). The number of rotatable bonds is 19. The number of thioether (sulfide) groups is 1. The second kappa shape index (κ2) is 62.6. The third-order valence-electron chi connectivity index (χ3n) is 18.8. The van der Waals surface area contributed by atoms with Crippen LogP contribution < -0.4 is 35.3 Å². The predicted molar refractivity (Wildman–Crippen MR) is 481 cm³/mol. The van der Waals surface area contributed by atoms with Crippen molar-refractivity contribution in [2.75, 3.05) is 26.2 Å². The predicted octanol–water partition coefficient (Wildman–Crippen LogP) is 20.3. The van der Waals surface area contributed by atoms with Crippen LogP contribution in [0, 0.1) is 29.6 Å². The maximum atomic E-state index is 12.8. The molecule has 0 atom stereocenters. The first kappa shape index (κ1) is 133. The fraction of sp³-hybridized carbons (Fsp3) is 0.739. The Morgan fingerprint density at radius 3 is 1.09 bits per heavy atom. The summed E-state index contributed by atoms with van der Waals surface area (Å²) in [7, 11) is -4.77. The van der Waals surface area contributed by atoms with E-state index < -0.39 is 80.7 Å². The van der Waals surface area contributed by atoms with Gasteiger partial charge in [-0.15, -0.1) is 24.4 Å². The summed E-state index contributed by atoms with van der Waals surface area (Å²) in [6.07, 6.45) is 10.6. The topological polar surface area (TPSA) is 300 Å². The van der Waals surface area contributed by atoms with Crippen molar-refractivity contribution < 1.29 is 153 Å². The zero-order valence-corrected chi connectivity index (χ0v) is 79.0. The molecule has 3 aromatic carbocycles. The smallest absolute Gasteiger partial charge is 1.00 e. The fourth-order valence-electron chi connectivity index (χ4n) is 13.2. The molecule has 5 fully saturated rings. The summed E-state index contributed by atoms with van der Waals surface area (Å²) in [5, 5.41) is 16.1. The number of Topliss-reactive ketones (excluding diaryl/α,β-unsaturated/α-hetero) is 1. The average molecular weight is 1910 g/mol. The van der Waals surface area contributed by atoms with Gasteiger partial charge in [0.15, 0.2) is 9.84 Å². The Morgan fingerprint density at radius 2 is 0.774 bits per heavy atom. The number of sulfone groups is 1. The molecule has 0 heterocycles. The van der Waals surface area contributed by atoms with E-state index in [1.165, 1.54) is 42.1 Å². The number of aliphatic hydroxyl groups is 2. The molecule has 19 nitrogen and oxygen atoms in total. The molecule has 3 radical (unpaired) electrons. The quantitative estimate of drug-likeness (QED) is 0.0165. The number of aliphatic hydroxyl groups excluding tert-OH is 2. The molecule has 0 aliphatic heterocycles. The Kier molecular flexibility index (Phi) is 67.4. The maximum Gasteiger partial charge on any atom is 1.00 e. The first-order chi connectivity index (χ1) is 53.6. The summed E-state index contributed by atoms with van der Waals surface area (Å²) in [5.74, 6) is 2.24. The first-order valence-corrected chi connectivity index (χ1v) is 47.1. The molecule has 124 heavy (non-hydrogen) atoms. The Balaban J connectivity index is -0.000000216. The number of halogens is 10. The van der Waals surface area contributed by atoms with Gasteiger partial charge in [0.1, 0.15) is 28.2 Å². The van der Waals surface area contributed by atoms with Crippen LogP contribution in [0.2, 0.25) is 0 Å². The number of nitrogens with two attached hydrogens (primary N) is 1. The van der Waals surface area contributed by atoms with Gasteiger partial charge in [-0.3, -0.25) is 28.2 Å². The second-order valence-electron chi connectivity index (χ2n) is 34.1. The number of alkyl halides is 9. The molecular weight excluding hydrogens is 1760 g/mol. The molecular formula is C88H150BClF9NNaO18S5. The Labute approximate surface area is 778 Å². The zero-order valence-electron chi connectivity index (χ0n) is 73.1. The molecule has 0 aromatic heterocycles. The van der Waals surface area contributed by atoms with E-state index in [-0.39, 0.29) is 129 Å². The molecule has 5 saturated carbocycles. The van der Waals surface area contributed by atoms with Crippen molar-refractivity contribution in [2.45, 2.75) is 378 Å². The summed E-state index contributed by atoms with van der Waals surface area (Å²) in [6.45, 7) is 23.0. The van der Waals surface area contributed by atoms with Gasteiger partial charge in [0.25, 0.3) is 10.1 Å². The van der Waals surface area contributed by atoms with Gasteiger partial charge in [-0.25, -0.2) is 16.8 Å². The molecule has 0 bridgehead atoms. The number of hydrogen-bond acceptors (Lipinski definition) is 21. The Hall–Kier alpha value is -3.68.